The Bertz CT molecular complexity index is 3490. The topological polar surface area (TPSA) is 43.6 Å². The second-order valence-electron chi connectivity index (χ2n) is 15.9. The lowest BCUT2D eigenvalue weighted by atomic mass is 9.95. The Morgan fingerprint density at radius 2 is 0.825 bits per heavy atom. The first-order valence-electron chi connectivity index (χ1n) is 21.3. The van der Waals surface area contributed by atoms with E-state index in [0.717, 1.165) is 44.1 Å². The van der Waals surface area contributed by atoms with Gasteiger partial charge in [0.1, 0.15) is 0 Å². The van der Waals surface area contributed by atoms with Crippen LogP contribution in [0.15, 0.2) is 231 Å². The molecule has 0 aliphatic heterocycles. The molecule has 4 nitrogen and oxygen atoms in total. The molecule has 0 saturated carbocycles. The summed E-state index contributed by atoms with van der Waals surface area (Å²) in [7, 11) is -2.85. The predicted octanol–water partition coefficient (Wildman–Crippen LogP) is 11.7. The van der Waals surface area contributed by atoms with Crippen LogP contribution in [0.1, 0.15) is 0 Å². The van der Waals surface area contributed by atoms with Crippen molar-refractivity contribution in [2.75, 3.05) is 0 Å². The van der Waals surface area contributed by atoms with E-state index in [2.05, 4.69) is 235 Å². The van der Waals surface area contributed by atoms with E-state index in [9.17, 15) is 0 Å². The van der Waals surface area contributed by atoms with Crippen molar-refractivity contribution >= 4 is 82.1 Å². The lowest BCUT2D eigenvalue weighted by molar-refractivity contribution is 0.954. The average Bonchev–Trinajstić information content (AvgIpc) is 3.92. The van der Waals surface area contributed by atoms with Crippen molar-refractivity contribution in [1.29, 1.82) is 0 Å². The van der Waals surface area contributed by atoms with Crippen LogP contribution in [0.2, 0.25) is 0 Å². The maximum absolute atomic E-state index is 5.48. The van der Waals surface area contributed by atoms with Crippen LogP contribution in [0.3, 0.4) is 0 Å². The summed E-state index contributed by atoms with van der Waals surface area (Å²) >= 11 is 1.83. The molecular formula is C57H38N4SSi. The zero-order valence-corrected chi connectivity index (χ0v) is 36.0. The molecule has 0 amide bonds. The first-order chi connectivity index (χ1) is 31.3. The van der Waals surface area contributed by atoms with Crippen LogP contribution in [-0.4, -0.2) is 27.6 Å². The highest BCUT2D eigenvalue weighted by molar-refractivity contribution is 7.26. The van der Waals surface area contributed by atoms with Gasteiger partial charge in [0.15, 0.2) is 19.7 Å². The second kappa shape index (κ2) is 15.3. The zero-order valence-electron chi connectivity index (χ0n) is 34.1. The molecule has 0 spiro atoms. The number of benzene rings is 9. The van der Waals surface area contributed by atoms with E-state index in [1.807, 2.05) is 11.3 Å². The van der Waals surface area contributed by atoms with E-state index in [4.69, 9.17) is 15.0 Å². The Hall–Kier alpha value is -7.77. The quantitative estimate of drug-likeness (QED) is 0.113. The second-order valence-corrected chi connectivity index (χ2v) is 20.8. The lowest BCUT2D eigenvalue weighted by Gasteiger charge is -2.34. The summed E-state index contributed by atoms with van der Waals surface area (Å²) in [6, 6.07) is 83.1. The maximum Gasteiger partial charge on any atom is 0.238 e. The monoisotopic (exact) mass is 838 g/mol. The number of hydrogen-bond acceptors (Lipinski definition) is 4. The fourth-order valence-corrected chi connectivity index (χ4v) is 15.6. The van der Waals surface area contributed by atoms with Crippen molar-refractivity contribution in [2.24, 2.45) is 0 Å². The molecule has 3 heterocycles. The van der Waals surface area contributed by atoms with Gasteiger partial charge in [0.2, 0.25) is 5.95 Å². The number of thiophene rings is 1. The molecule has 0 fully saturated rings. The van der Waals surface area contributed by atoms with Crippen LogP contribution >= 0.6 is 11.3 Å². The fourth-order valence-electron chi connectivity index (χ4n) is 9.72. The van der Waals surface area contributed by atoms with Crippen LogP contribution in [0.4, 0.5) is 0 Å². The summed E-state index contributed by atoms with van der Waals surface area (Å²) in [6.07, 6.45) is 0. The molecule has 6 heteroatoms. The molecule has 0 atom stereocenters. The minimum absolute atomic E-state index is 0.574. The summed E-state index contributed by atoms with van der Waals surface area (Å²) in [5.74, 6) is 1.81. The SMILES string of the molecule is c1ccc([Si](c2ccccc2)(c2ccccc2)c2cccc(-c3nc(-c4ccccc4-c4cccc5sc6ccccc6c45)nc(-n4c5ccccc5c5ccccc54)n3)c2)cc1. The lowest BCUT2D eigenvalue weighted by Crippen LogP contribution is -2.74. The Balaban J connectivity index is 1.14. The molecule has 0 unspecified atom stereocenters. The van der Waals surface area contributed by atoms with Gasteiger partial charge in [-0.05, 0) is 56.1 Å². The molecule has 0 saturated heterocycles. The molecule has 12 rings (SSSR count). The molecular weight excluding hydrogens is 801 g/mol. The maximum atomic E-state index is 5.48. The standard InChI is InChI=1S/C57H38N4SSi/c1-4-21-40(22-5-1)63(41-23-6-2-7-24-41,42-25-8-3-9-26-42)43-27-18-20-39(38-43)55-58-56(60-57(59-55)61-50-34-15-12-29-45(50)46-30-13-16-35-51(46)61)48-31-11-10-28-44(48)47-33-19-37-53-54(47)49-32-14-17-36-52(49)62-53/h1-38H. The predicted molar refractivity (Wildman–Crippen MR) is 267 cm³/mol. The summed E-state index contributed by atoms with van der Waals surface area (Å²) in [4.78, 5) is 16.4. The average molecular weight is 839 g/mol. The van der Waals surface area contributed by atoms with E-state index in [-0.39, 0.29) is 0 Å². The van der Waals surface area contributed by atoms with Crippen LogP contribution < -0.4 is 20.7 Å². The molecule has 0 radical (unpaired) electrons. The third kappa shape index (κ3) is 6.06. The van der Waals surface area contributed by atoms with Gasteiger partial charge < -0.3 is 0 Å². The van der Waals surface area contributed by atoms with Crippen molar-refractivity contribution in [2.45, 2.75) is 0 Å². The molecule has 63 heavy (non-hydrogen) atoms. The molecule has 9 aromatic carbocycles. The third-order valence-electron chi connectivity index (χ3n) is 12.4. The molecule has 0 N–H and O–H groups in total. The summed E-state index contributed by atoms with van der Waals surface area (Å²) < 4.78 is 4.73. The van der Waals surface area contributed by atoms with Crippen molar-refractivity contribution in [3.05, 3.63) is 231 Å². The minimum atomic E-state index is -2.85. The minimum Gasteiger partial charge on any atom is -0.278 e. The summed E-state index contributed by atoms with van der Waals surface area (Å²) in [6.45, 7) is 0. The van der Waals surface area contributed by atoms with E-state index in [1.54, 1.807) is 0 Å². The summed E-state index contributed by atoms with van der Waals surface area (Å²) in [5, 5.41) is 9.99. The van der Waals surface area contributed by atoms with Gasteiger partial charge in [0.25, 0.3) is 0 Å². The van der Waals surface area contributed by atoms with Crippen LogP contribution in [0.5, 0.6) is 0 Å². The van der Waals surface area contributed by atoms with Crippen LogP contribution in [0.25, 0.3) is 81.8 Å². The van der Waals surface area contributed by atoms with Crippen molar-refractivity contribution in [3.8, 4) is 39.9 Å². The van der Waals surface area contributed by atoms with Gasteiger partial charge >= 0.3 is 0 Å². The van der Waals surface area contributed by atoms with Crippen molar-refractivity contribution in [3.63, 3.8) is 0 Å². The van der Waals surface area contributed by atoms with Crippen LogP contribution in [0, 0.1) is 0 Å². The van der Waals surface area contributed by atoms with Gasteiger partial charge in [0.05, 0.1) is 11.0 Å². The van der Waals surface area contributed by atoms with E-state index < -0.39 is 8.07 Å². The number of nitrogens with zero attached hydrogens (tertiary/aromatic N) is 4. The van der Waals surface area contributed by atoms with Gasteiger partial charge in [-0.25, -0.2) is 4.98 Å². The Morgan fingerprint density at radius 3 is 1.48 bits per heavy atom. The first kappa shape index (κ1) is 37.0. The fraction of sp³-hybridized carbons (Fsp3) is 0. The molecule has 3 aromatic heterocycles. The highest BCUT2D eigenvalue weighted by Gasteiger charge is 2.41. The molecule has 0 aliphatic carbocycles. The third-order valence-corrected chi connectivity index (χ3v) is 18.3. The Kier molecular flexibility index (Phi) is 8.99. The summed E-state index contributed by atoms with van der Waals surface area (Å²) in [5.41, 5.74) is 6.20. The van der Waals surface area contributed by atoms with Gasteiger partial charge in [-0.2, -0.15) is 9.97 Å². The number of fused-ring (bicyclic) bond motifs is 6. The normalized spacial score (nSPS) is 11.8. The number of para-hydroxylation sites is 2. The molecule has 0 aliphatic rings. The first-order valence-corrected chi connectivity index (χ1v) is 24.1. The van der Waals surface area contributed by atoms with Gasteiger partial charge in [-0.1, -0.05) is 206 Å². The smallest absolute Gasteiger partial charge is 0.238 e. The largest absolute Gasteiger partial charge is 0.278 e. The van der Waals surface area contributed by atoms with E-state index >= 15 is 0 Å². The zero-order chi connectivity index (χ0) is 41.7. The van der Waals surface area contributed by atoms with Gasteiger partial charge in [0, 0.05) is 42.1 Å². The highest BCUT2D eigenvalue weighted by Crippen LogP contribution is 2.42. The van der Waals surface area contributed by atoms with E-state index in [1.165, 1.54) is 40.9 Å². The van der Waals surface area contributed by atoms with Gasteiger partial charge in [-0.15, -0.1) is 11.3 Å². The molecule has 12 aromatic rings. The van der Waals surface area contributed by atoms with Crippen LogP contribution in [-0.2, 0) is 0 Å². The molecule has 296 valence electrons. The van der Waals surface area contributed by atoms with Crippen molar-refractivity contribution in [1.82, 2.24) is 19.5 Å². The Morgan fingerprint density at radius 1 is 0.349 bits per heavy atom. The number of rotatable bonds is 8. The van der Waals surface area contributed by atoms with Crippen molar-refractivity contribution < 1.29 is 0 Å². The van der Waals surface area contributed by atoms with Gasteiger partial charge in [-0.3, -0.25) is 4.57 Å². The Labute approximate surface area is 370 Å². The number of aromatic nitrogens is 4. The molecule has 0 bridgehead atoms. The highest BCUT2D eigenvalue weighted by atomic mass is 32.1. The van der Waals surface area contributed by atoms with E-state index in [0.29, 0.717) is 17.6 Å². The number of hydrogen-bond donors (Lipinski definition) is 0.